The van der Waals surface area contributed by atoms with Crippen molar-refractivity contribution in [3.8, 4) is 11.5 Å². The highest BCUT2D eigenvalue weighted by Gasteiger charge is 2.12. The Bertz CT molecular complexity index is 1240. The van der Waals surface area contributed by atoms with Gasteiger partial charge >= 0.3 is 0 Å². The van der Waals surface area contributed by atoms with E-state index in [1.54, 1.807) is 38.5 Å². The number of aromatic nitrogens is 3. The van der Waals surface area contributed by atoms with Gasteiger partial charge < -0.3 is 25.9 Å². The third-order valence-corrected chi connectivity index (χ3v) is 4.87. The Morgan fingerprint density at radius 2 is 1.85 bits per heavy atom. The van der Waals surface area contributed by atoms with Crippen LogP contribution in [0.2, 0.25) is 0 Å². The summed E-state index contributed by atoms with van der Waals surface area (Å²) in [6, 6.07) is 15.3. The van der Waals surface area contributed by atoms with Crippen molar-refractivity contribution in [3.05, 3.63) is 83.4 Å². The number of aryl methyl sites for hydroxylation is 2. The lowest BCUT2D eigenvalue weighted by Crippen LogP contribution is -2.18. The molecule has 0 spiro atoms. The Hall–Kier alpha value is -4.24. The van der Waals surface area contributed by atoms with Crippen LogP contribution >= 0.6 is 0 Å². The van der Waals surface area contributed by atoms with Gasteiger partial charge in [0.2, 0.25) is 11.8 Å². The summed E-state index contributed by atoms with van der Waals surface area (Å²) in [4.78, 5) is 24.3. The first-order chi connectivity index (χ1) is 16.4. The van der Waals surface area contributed by atoms with Crippen molar-refractivity contribution in [1.82, 2.24) is 20.3 Å². The maximum absolute atomic E-state index is 11.7. The molecule has 4 rings (SSSR count). The van der Waals surface area contributed by atoms with E-state index in [0.29, 0.717) is 28.7 Å². The molecule has 0 aliphatic rings. The molecule has 0 saturated heterocycles. The third-order valence-electron chi connectivity index (χ3n) is 4.87. The number of rotatable bonds is 6. The van der Waals surface area contributed by atoms with Crippen LogP contribution in [0.5, 0.6) is 0 Å². The van der Waals surface area contributed by atoms with E-state index in [1.807, 2.05) is 43.3 Å². The lowest BCUT2D eigenvalue weighted by molar-refractivity contribution is 0.0962. The van der Waals surface area contributed by atoms with E-state index in [2.05, 4.69) is 25.6 Å². The molecule has 34 heavy (non-hydrogen) atoms. The van der Waals surface area contributed by atoms with Crippen LogP contribution in [0.3, 0.4) is 0 Å². The van der Waals surface area contributed by atoms with Crippen LogP contribution in [-0.2, 0) is 6.42 Å². The maximum atomic E-state index is 11.7. The van der Waals surface area contributed by atoms with Gasteiger partial charge in [-0.25, -0.2) is 9.97 Å². The maximum Gasteiger partial charge on any atom is 0.251 e. The topological polar surface area (TPSA) is 139 Å². The molecule has 0 saturated carbocycles. The minimum atomic E-state index is -0.130. The summed E-state index contributed by atoms with van der Waals surface area (Å²) >= 11 is 0. The lowest BCUT2D eigenvalue weighted by Gasteiger charge is -2.10. The van der Waals surface area contributed by atoms with Gasteiger partial charge in [-0.3, -0.25) is 4.79 Å². The van der Waals surface area contributed by atoms with Crippen molar-refractivity contribution in [1.29, 1.82) is 0 Å². The summed E-state index contributed by atoms with van der Waals surface area (Å²) in [5.74, 6) is 1.54. The van der Waals surface area contributed by atoms with Crippen LogP contribution in [0, 0.1) is 13.8 Å². The molecule has 9 heteroatoms. The predicted molar refractivity (Wildman–Crippen MR) is 132 cm³/mol. The number of hydrogen-bond donors (Lipinski definition) is 4. The first-order valence-corrected chi connectivity index (χ1v) is 10.7. The van der Waals surface area contributed by atoms with E-state index in [1.165, 1.54) is 5.56 Å². The van der Waals surface area contributed by atoms with Gasteiger partial charge in [0.15, 0.2) is 0 Å². The molecular formula is C25H28N6O3. The first kappa shape index (κ1) is 24.4. The van der Waals surface area contributed by atoms with Crippen LogP contribution in [0.15, 0.2) is 65.3 Å². The quantitative estimate of drug-likeness (QED) is 0.342. The predicted octanol–water partition coefficient (Wildman–Crippen LogP) is 3.66. The molecule has 176 valence electrons. The monoisotopic (exact) mass is 460 g/mol. The largest absolute Gasteiger partial charge is 0.441 e. The molecule has 2 heterocycles. The zero-order valence-electron chi connectivity index (χ0n) is 19.4. The zero-order valence-corrected chi connectivity index (χ0v) is 19.4. The molecule has 9 nitrogen and oxygen atoms in total. The molecule has 0 aliphatic carbocycles. The molecule has 4 aromatic rings. The number of nitrogen functional groups attached to an aromatic ring is 1. The number of benzene rings is 2. The molecule has 0 atom stereocenters. The highest BCUT2D eigenvalue weighted by atomic mass is 16.4. The van der Waals surface area contributed by atoms with Crippen molar-refractivity contribution in [3.63, 3.8) is 0 Å². The standard InChI is InChI=1S/C17H18N6O2.C8H10O/c1-9-6-11(4-5-12(9)15(24)19-3)22-17-21-8-13(14(18)23-17)16-20-7-10(2)25-16;9-7-6-8-4-2-1-3-5-8/h4-8H,1-3H3,(H,19,24)(H3,18,21,22,23);1-5,9H,6-7H2. The van der Waals surface area contributed by atoms with E-state index < -0.39 is 0 Å². The fraction of sp³-hybridized carbons (Fsp3) is 0.200. The van der Waals surface area contributed by atoms with Crippen molar-refractivity contribution in [2.45, 2.75) is 20.3 Å². The number of hydrogen-bond acceptors (Lipinski definition) is 8. The van der Waals surface area contributed by atoms with Crippen LogP contribution < -0.4 is 16.4 Å². The fourth-order valence-electron chi connectivity index (χ4n) is 3.13. The van der Waals surface area contributed by atoms with Crippen molar-refractivity contribution < 1.29 is 14.3 Å². The van der Waals surface area contributed by atoms with Gasteiger partial charge in [0, 0.05) is 31.1 Å². The number of aliphatic hydroxyl groups is 1. The normalized spacial score (nSPS) is 10.2. The van der Waals surface area contributed by atoms with E-state index in [-0.39, 0.29) is 18.3 Å². The Kier molecular flexibility index (Phi) is 8.31. The Labute approximate surface area is 198 Å². The Morgan fingerprint density at radius 1 is 1.09 bits per heavy atom. The van der Waals surface area contributed by atoms with Gasteiger partial charge in [-0.2, -0.15) is 4.98 Å². The average Bonchev–Trinajstić information content (AvgIpc) is 3.26. The molecule has 2 aromatic carbocycles. The van der Waals surface area contributed by atoms with Crippen molar-refractivity contribution in [2.75, 3.05) is 24.7 Å². The molecule has 0 unspecified atom stereocenters. The molecule has 5 N–H and O–H groups in total. The van der Waals surface area contributed by atoms with E-state index >= 15 is 0 Å². The van der Waals surface area contributed by atoms with Gasteiger partial charge in [-0.1, -0.05) is 30.3 Å². The summed E-state index contributed by atoms with van der Waals surface area (Å²) in [5, 5.41) is 14.2. The average molecular weight is 461 g/mol. The number of oxazole rings is 1. The Morgan fingerprint density at radius 3 is 2.44 bits per heavy atom. The minimum Gasteiger partial charge on any atom is -0.441 e. The van der Waals surface area contributed by atoms with Crippen LogP contribution in [0.1, 0.15) is 27.2 Å². The smallest absolute Gasteiger partial charge is 0.251 e. The summed E-state index contributed by atoms with van der Waals surface area (Å²) in [6.45, 7) is 3.90. The van der Waals surface area contributed by atoms with Crippen LogP contribution in [0.4, 0.5) is 17.5 Å². The van der Waals surface area contributed by atoms with E-state index in [9.17, 15) is 4.79 Å². The highest BCUT2D eigenvalue weighted by molar-refractivity contribution is 5.95. The summed E-state index contributed by atoms with van der Waals surface area (Å²) in [7, 11) is 1.60. The van der Waals surface area contributed by atoms with Crippen molar-refractivity contribution >= 4 is 23.4 Å². The molecule has 2 aromatic heterocycles. The molecule has 0 fully saturated rings. The van der Waals surface area contributed by atoms with Gasteiger partial charge in [0.05, 0.1) is 11.8 Å². The number of nitrogens with one attached hydrogen (secondary N) is 2. The van der Waals surface area contributed by atoms with E-state index in [4.69, 9.17) is 15.3 Å². The van der Waals surface area contributed by atoms with Crippen LogP contribution in [-0.4, -0.2) is 39.6 Å². The van der Waals surface area contributed by atoms with Crippen molar-refractivity contribution in [2.24, 2.45) is 0 Å². The molecule has 0 aliphatic heterocycles. The van der Waals surface area contributed by atoms with Gasteiger partial charge in [-0.15, -0.1) is 0 Å². The van der Waals surface area contributed by atoms with Gasteiger partial charge in [0.25, 0.3) is 5.91 Å². The zero-order chi connectivity index (χ0) is 24.5. The first-order valence-electron chi connectivity index (χ1n) is 10.7. The van der Waals surface area contributed by atoms with Crippen LogP contribution in [0.25, 0.3) is 11.5 Å². The molecular weight excluding hydrogens is 432 g/mol. The third kappa shape index (κ3) is 6.39. The summed E-state index contributed by atoms with van der Waals surface area (Å²) in [6.07, 6.45) is 3.93. The number of carbonyl (C=O) groups excluding carboxylic acids is 1. The minimum absolute atomic E-state index is 0.130. The SMILES string of the molecule is CNC(=O)c1ccc(Nc2ncc(-c3ncc(C)o3)c(N)n2)cc1C.OCCc1ccccc1. The number of nitrogens with two attached hydrogens (primary N) is 1. The van der Waals surface area contributed by atoms with E-state index in [0.717, 1.165) is 17.7 Å². The summed E-state index contributed by atoms with van der Waals surface area (Å²) < 4.78 is 5.44. The number of aliphatic hydroxyl groups excluding tert-OH is 1. The highest BCUT2D eigenvalue weighted by Crippen LogP contribution is 2.25. The van der Waals surface area contributed by atoms with Gasteiger partial charge in [-0.05, 0) is 49.6 Å². The second-order valence-corrected chi connectivity index (χ2v) is 7.46. The number of anilines is 3. The lowest BCUT2D eigenvalue weighted by atomic mass is 10.1. The number of nitrogens with zero attached hydrogens (tertiary/aromatic N) is 3. The molecule has 0 bridgehead atoms. The molecule has 0 radical (unpaired) electrons. The fourth-order valence-corrected chi connectivity index (χ4v) is 3.13. The van der Waals surface area contributed by atoms with Gasteiger partial charge in [0.1, 0.15) is 11.6 Å². The molecule has 1 amide bonds. The second-order valence-electron chi connectivity index (χ2n) is 7.46. The number of carbonyl (C=O) groups is 1. The summed E-state index contributed by atoms with van der Waals surface area (Å²) in [5.41, 5.74) is 9.92. The second kappa shape index (κ2) is 11.6. The number of amides is 1. The Balaban J connectivity index is 0.000000302.